The van der Waals surface area contributed by atoms with Crippen LogP contribution >= 0.6 is 11.6 Å². The van der Waals surface area contributed by atoms with E-state index < -0.39 is 23.8 Å². The Morgan fingerprint density at radius 2 is 1.42 bits per heavy atom. The molecule has 2 amide bonds. The summed E-state index contributed by atoms with van der Waals surface area (Å²) in [6, 6.07) is 23.3. The molecule has 0 saturated carbocycles. The lowest BCUT2D eigenvalue weighted by Crippen LogP contribution is -2.39. The molecule has 31 heavy (non-hydrogen) atoms. The number of anilines is 2. The summed E-state index contributed by atoms with van der Waals surface area (Å²) in [6.45, 7) is 0. The van der Waals surface area contributed by atoms with Crippen LogP contribution in [0.2, 0.25) is 5.02 Å². The molecule has 2 aliphatic heterocycles. The fraction of sp³-hybridized carbons (Fsp3) is 0.0833. The van der Waals surface area contributed by atoms with Gasteiger partial charge in [-0.15, -0.1) is 0 Å². The van der Waals surface area contributed by atoms with Gasteiger partial charge in [0.2, 0.25) is 11.7 Å². The van der Waals surface area contributed by atoms with Crippen LogP contribution in [-0.4, -0.2) is 29.4 Å². The minimum atomic E-state index is -1.02. The maximum Gasteiger partial charge on any atom is 0.259 e. The van der Waals surface area contributed by atoms with Crippen LogP contribution in [0.4, 0.5) is 11.4 Å². The largest absolute Gasteiger partial charge is 0.287 e. The zero-order chi connectivity index (χ0) is 21.5. The number of para-hydroxylation sites is 2. The third kappa shape index (κ3) is 3.04. The number of amides is 2. The molecule has 0 N–H and O–H groups in total. The Kier molecular flexibility index (Phi) is 4.64. The van der Waals surface area contributed by atoms with Gasteiger partial charge in [0.1, 0.15) is 17.7 Å². The third-order valence-corrected chi connectivity index (χ3v) is 5.75. The van der Waals surface area contributed by atoms with Crippen molar-refractivity contribution in [1.29, 1.82) is 0 Å². The Morgan fingerprint density at radius 1 is 0.806 bits per heavy atom. The van der Waals surface area contributed by atoms with Crippen molar-refractivity contribution in [3.05, 3.63) is 95.5 Å². The van der Waals surface area contributed by atoms with Gasteiger partial charge in [-0.25, -0.2) is 4.90 Å². The number of hydrogen-bond donors (Lipinski definition) is 0. The lowest BCUT2D eigenvalue weighted by molar-refractivity contribution is -0.121. The van der Waals surface area contributed by atoms with Crippen LogP contribution in [0.1, 0.15) is 10.4 Å². The Bertz CT molecular complexity index is 1230. The van der Waals surface area contributed by atoms with Gasteiger partial charge in [0.25, 0.3) is 5.91 Å². The van der Waals surface area contributed by atoms with Gasteiger partial charge in [-0.1, -0.05) is 72.3 Å². The quantitative estimate of drug-likeness (QED) is 0.465. The number of rotatable bonds is 4. The Labute approximate surface area is 183 Å². The average Bonchev–Trinajstić information content (AvgIpc) is 3.32. The number of benzene rings is 3. The molecule has 6 nitrogen and oxygen atoms in total. The predicted molar refractivity (Wildman–Crippen MR) is 118 cm³/mol. The van der Waals surface area contributed by atoms with Crippen LogP contribution < -0.4 is 9.91 Å². The number of imide groups is 1. The standard InChI is InChI=1S/C24H16ClN3O3/c25-17-13-7-8-14-18(17)27-23(30)19-20(22(29)15-9-3-1-4-10-15)26-28(21(19)24(27)31)16-11-5-2-6-12-16/h1-14,19,21H/t19-,21+/m1/s1. The SMILES string of the molecule is O=C(C1=NN(c2ccccc2)[C@@H]2C(=O)N(c3ccccc3Cl)C(=O)[C@H]12)c1ccccc1. The monoisotopic (exact) mass is 429 g/mol. The van der Waals surface area contributed by atoms with Gasteiger partial charge in [-0.2, -0.15) is 5.10 Å². The Morgan fingerprint density at radius 3 is 2.10 bits per heavy atom. The molecule has 0 bridgehead atoms. The number of hydrogen-bond acceptors (Lipinski definition) is 5. The molecule has 2 atom stereocenters. The average molecular weight is 430 g/mol. The molecule has 1 saturated heterocycles. The van der Waals surface area contributed by atoms with E-state index in [1.54, 1.807) is 66.7 Å². The van der Waals surface area contributed by atoms with Crippen molar-refractivity contribution in [1.82, 2.24) is 0 Å². The first-order chi connectivity index (χ1) is 15.1. The number of hydrazone groups is 1. The number of fused-ring (bicyclic) bond motifs is 1. The topological polar surface area (TPSA) is 70.1 Å². The molecule has 0 aliphatic carbocycles. The molecular formula is C24H16ClN3O3. The van der Waals surface area contributed by atoms with Gasteiger partial charge in [0.05, 0.1) is 16.4 Å². The minimum absolute atomic E-state index is 0.0490. The lowest BCUT2D eigenvalue weighted by Gasteiger charge is -2.22. The number of carbonyl (C=O) groups excluding carboxylic acids is 3. The molecule has 0 unspecified atom stereocenters. The van der Waals surface area contributed by atoms with E-state index in [0.717, 1.165) is 4.90 Å². The predicted octanol–water partition coefficient (Wildman–Crippen LogP) is 3.96. The molecule has 2 heterocycles. The van der Waals surface area contributed by atoms with Gasteiger partial charge in [0, 0.05) is 5.56 Å². The summed E-state index contributed by atoms with van der Waals surface area (Å²) in [5.74, 6) is -2.37. The van der Waals surface area contributed by atoms with Crippen LogP contribution in [0, 0.1) is 5.92 Å². The first-order valence-corrected chi connectivity index (χ1v) is 10.1. The molecule has 3 aromatic rings. The van der Waals surface area contributed by atoms with Crippen molar-refractivity contribution in [3.8, 4) is 0 Å². The molecule has 0 radical (unpaired) electrons. The van der Waals surface area contributed by atoms with Crippen LogP contribution in [0.15, 0.2) is 90.0 Å². The molecular weight excluding hydrogens is 414 g/mol. The van der Waals surface area contributed by atoms with E-state index in [2.05, 4.69) is 5.10 Å². The van der Waals surface area contributed by atoms with E-state index in [4.69, 9.17) is 11.6 Å². The normalized spacial score (nSPS) is 20.1. The Hall–Kier alpha value is -3.77. The van der Waals surface area contributed by atoms with Gasteiger partial charge in [-0.05, 0) is 24.3 Å². The molecule has 152 valence electrons. The van der Waals surface area contributed by atoms with Gasteiger partial charge >= 0.3 is 0 Å². The van der Waals surface area contributed by atoms with E-state index in [-0.39, 0.29) is 16.5 Å². The maximum absolute atomic E-state index is 13.5. The first kappa shape index (κ1) is 19.2. The molecule has 2 aliphatic rings. The zero-order valence-electron chi connectivity index (χ0n) is 16.2. The van der Waals surface area contributed by atoms with E-state index in [0.29, 0.717) is 16.9 Å². The van der Waals surface area contributed by atoms with Gasteiger partial charge in [-0.3, -0.25) is 19.4 Å². The van der Waals surface area contributed by atoms with E-state index in [1.165, 1.54) is 5.01 Å². The molecule has 0 spiro atoms. The van der Waals surface area contributed by atoms with Crippen LogP contribution in [-0.2, 0) is 9.59 Å². The molecule has 0 aromatic heterocycles. The third-order valence-electron chi connectivity index (χ3n) is 5.43. The van der Waals surface area contributed by atoms with Crippen LogP contribution in [0.5, 0.6) is 0 Å². The number of nitrogens with zero attached hydrogens (tertiary/aromatic N) is 3. The highest BCUT2D eigenvalue weighted by Crippen LogP contribution is 2.40. The number of ketones is 1. The maximum atomic E-state index is 13.5. The number of halogens is 1. The van der Waals surface area contributed by atoms with Crippen molar-refractivity contribution >= 4 is 46.3 Å². The van der Waals surface area contributed by atoms with E-state index in [1.807, 2.05) is 18.2 Å². The highest BCUT2D eigenvalue weighted by atomic mass is 35.5. The molecule has 5 rings (SSSR count). The number of Topliss-reactive ketones (excluding diaryl/α,β-unsaturated/α-hetero) is 1. The summed E-state index contributed by atoms with van der Waals surface area (Å²) < 4.78 is 0. The highest BCUT2D eigenvalue weighted by molar-refractivity contribution is 6.53. The number of carbonyl (C=O) groups is 3. The minimum Gasteiger partial charge on any atom is -0.287 e. The van der Waals surface area contributed by atoms with Crippen molar-refractivity contribution < 1.29 is 14.4 Å². The summed E-state index contributed by atoms with van der Waals surface area (Å²) in [5, 5.41) is 6.22. The summed E-state index contributed by atoms with van der Waals surface area (Å²) in [4.78, 5) is 41.3. The van der Waals surface area contributed by atoms with Crippen molar-refractivity contribution in [3.63, 3.8) is 0 Å². The lowest BCUT2D eigenvalue weighted by atomic mass is 9.92. The van der Waals surface area contributed by atoms with Crippen molar-refractivity contribution in [2.75, 3.05) is 9.91 Å². The van der Waals surface area contributed by atoms with Gasteiger partial charge < -0.3 is 0 Å². The smallest absolute Gasteiger partial charge is 0.259 e. The second kappa shape index (κ2) is 7.49. The van der Waals surface area contributed by atoms with Crippen LogP contribution in [0.3, 0.4) is 0 Å². The summed E-state index contributed by atoms with van der Waals surface area (Å²) in [5.41, 5.74) is 1.38. The van der Waals surface area contributed by atoms with E-state index in [9.17, 15) is 14.4 Å². The molecule has 1 fully saturated rings. The Balaban J connectivity index is 1.63. The van der Waals surface area contributed by atoms with Crippen LogP contribution in [0.25, 0.3) is 0 Å². The summed E-state index contributed by atoms with van der Waals surface area (Å²) >= 11 is 6.28. The summed E-state index contributed by atoms with van der Waals surface area (Å²) in [7, 11) is 0. The molecule has 7 heteroatoms. The zero-order valence-corrected chi connectivity index (χ0v) is 16.9. The fourth-order valence-electron chi connectivity index (χ4n) is 4.00. The fourth-order valence-corrected chi connectivity index (χ4v) is 4.22. The van der Waals surface area contributed by atoms with Crippen molar-refractivity contribution in [2.24, 2.45) is 11.0 Å². The molecule has 3 aromatic carbocycles. The highest BCUT2D eigenvalue weighted by Gasteiger charge is 2.58. The summed E-state index contributed by atoms with van der Waals surface area (Å²) in [6.07, 6.45) is 0. The second-order valence-corrected chi connectivity index (χ2v) is 7.65. The van der Waals surface area contributed by atoms with Gasteiger partial charge in [0.15, 0.2) is 0 Å². The van der Waals surface area contributed by atoms with E-state index >= 15 is 0 Å². The van der Waals surface area contributed by atoms with Crippen molar-refractivity contribution in [2.45, 2.75) is 6.04 Å². The first-order valence-electron chi connectivity index (χ1n) is 9.73. The second-order valence-electron chi connectivity index (χ2n) is 7.25.